The minimum atomic E-state index is -0.332. The number of amides is 1. The van der Waals surface area contributed by atoms with Crippen LogP contribution in [0.4, 0.5) is 5.69 Å². The van der Waals surface area contributed by atoms with Crippen LogP contribution >= 0.6 is 0 Å². The van der Waals surface area contributed by atoms with Gasteiger partial charge in [-0.05, 0) is 24.6 Å². The summed E-state index contributed by atoms with van der Waals surface area (Å²) in [5.41, 5.74) is 1.95. The second-order valence-corrected chi connectivity index (χ2v) is 5.90. The van der Waals surface area contributed by atoms with Crippen molar-refractivity contribution in [1.82, 2.24) is 4.90 Å². The molecule has 126 valence electrons. The van der Waals surface area contributed by atoms with E-state index >= 15 is 0 Å². The molecule has 24 heavy (non-hydrogen) atoms. The third-order valence-corrected chi connectivity index (χ3v) is 3.93. The molecule has 5 nitrogen and oxygen atoms in total. The normalized spacial score (nSPS) is 13.9. The summed E-state index contributed by atoms with van der Waals surface area (Å²) < 4.78 is 11.1. The van der Waals surface area contributed by atoms with E-state index in [2.05, 4.69) is 5.32 Å². The molecule has 0 radical (unpaired) electrons. The van der Waals surface area contributed by atoms with Crippen molar-refractivity contribution in [3.05, 3.63) is 54.1 Å². The number of fused-ring (bicyclic) bond motifs is 1. The smallest absolute Gasteiger partial charge is 0.244 e. The summed E-state index contributed by atoms with van der Waals surface area (Å²) in [6, 6.07) is 15.3. The van der Waals surface area contributed by atoms with Crippen LogP contribution < -0.4 is 14.8 Å². The molecule has 1 heterocycles. The highest BCUT2D eigenvalue weighted by atomic mass is 16.6. The molecule has 0 fully saturated rings. The molecule has 0 bridgehead atoms. The van der Waals surface area contributed by atoms with E-state index in [0.717, 1.165) is 17.0 Å². The predicted molar refractivity (Wildman–Crippen MR) is 93.4 cm³/mol. The Morgan fingerprint density at radius 1 is 1.12 bits per heavy atom. The summed E-state index contributed by atoms with van der Waals surface area (Å²) in [5, 5.41) is 3.23. The van der Waals surface area contributed by atoms with Crippen molar-refractivity contribution in [2.45, 2.75) is 19.5 Å². The van der Waals surface area contributed by atoms with Crippen LogP contribution in [-0.2, 0) is 11.3 Å². The Labute approximate surface area is 142 Å². The molecule has 0 saturated heterocycles. The number of ether oxygens (including phenoxy) is 2. The Morgan fingerprint density at radius 3 is 2.58 bits per heavy atom. The first-order chi connectivity index (χ1) is 11.6. The highest BCUT2D eigenvalue weighted by Gasteiger charge is 2.19. The molecule has 1 aliphatic heterocycles. The van der Waals surface area contributed by atoms with E-state index < -0.39 is 0 Å². The summed E-state index contributed by atoms with van der Waals surface area (Å²) in [6.45, 7) is 3.57. The Balaban J connectivity index is 1.61. The third kappa shape index (κ3) is 3.79. The van der Waals surface area contributed by atoms with Crippen LogP contribution in [0.25, 0.3) is 0 Å². The molecular weight excluding hydrogens is 304 g/mol. The SMILES string of the molecule is CC(Nc1ccc2c(c1)OCCO2)C(=O)N(C)Cc1ccccc1. The maximum atomic E-state index is 12.5. The van der Waals surface area contributed by atoms with Gasteiger partial charge in [0.25, 0.3) is 0 Å². The lowest BCUT2D eigenvalue weighted by Gasteiger charge is -2.24. The van der Waals surface area contributed by atoms with Crippen molar-refractivity contribution in [3.63, 3.8) is 0 Å². The van der Waals surface area contributed by atoms with Gasteiger partial charge in [-0.2, -0.15) is 0 Å². The summed E-state index contributed by atoms with van der Waals surface area (Å²) in [7, 11) is 1.82. The largest absolute Gasteiger partial charge is 0.486 e. The first-order valence-electron chi connectivity index (χ1n) is 8.08. The fraction of sp³-hybridized carbons (Fsp3) is 0.316. The molecule has 2 aromatic rings. The zero-order valence-electron chi connectivity index (χ0n) is 14.0. The molecule has 2 aromatic carbocycles. The summed E-state index contributed by atoms with van der Waals surface area (Å²) in [6.07, 6.45) is 0. The van der Waals surface area contributed by atoms with Crippen molar-refractivity contribution < 1.29 is 14.3 Å². The van der Waals surface area contributed by atoms with Crippen LogP contribution in [0.1, 0.15) is 12.5 Å². The molecule has 0 aliphatic carbocycles. The molecule has 1 N–H and O–H groups in total. The van der Waals surface area contributed by atoms with Gasteiger partial charge in [-0.15, -0.1) is 0 Å². The number of benzene rings is 2. The molecule has 0 spiro atoms. The van der Waals surface area contributed by atoms with Crippen molar-refractivity contribution in [2.75, 3.05) is 25.6 Å². The average Bonchev–Trinajstić information content (AvgIpc) is 2.61. The molecule has 1 amide bonds. The second kappa shape index (κ2) is 7.25. The van der Waals surface area contributed by atoms with Gasteiger partial charge in [0, 0.05) is 25.3 Å². The van der Waals surface area contributed by atoms with Gasteiger partial charge in [0.1, 0.15) is 19.3 Å². The Bertz CT molecular complexity index is 703. The van der Waals surface area contributed by atoms with Crippen LogP contribution in [0.3, 0.4) is 0 Å². The van der Waals surface area contributed by atoms with E-state index in [4.69, 9.17) is 9.47 Å². The quantitative estimate of drug-likeness (QED) is 0.918. The number of nitrogens with zero attached hydrogens (tertiary/aromatic N) is 1. The van der Waals surface area contributed by atoms with Crippen LogP contribution in [-0.4, -0.2) is 37.1 Å². The van der Waals surface area contributed by atoms with Gasteiger partial charge in [-0.25, -0.2) is 0 Å². The molecule has 5 heteroatoms. The minimum Gasteiger partial charge on any atom is -0.486 e. The van der Waals surface area contributed by atoms with Gasteiger partial charge in [0.15, 0.2) is 11.5 Å². The standard InChI is InChI=1S/C19H22N2O3/c1-14(19(22)21(2)13-15-6-4-3-5-7-15)20-16-8-9-17-18(12-16)24-11-10-23-17/h3-9,12,14,20H,10-11,13H2,1-2H3. The van der Waals surface area contributed by atoms with Gasteiger partial charge < -0.3 is 19.7 Å². The van der Waals surface area contributed by atoms with Crippen LogP contribution in [0.5, 0.6) is 11.5 Å². The molecule has 1 unspecified atom stereocenters. The van der Waals surface area contributed by atoms with Crippen molar-refractivity contribution in [1.29, 1.82) is 0 Å². The van der Waals surface area contributed by atoms with E-state index in [0.29, 0.717) is 25.5 Å². The highest BCUT2D eigenvalue weighted by Crippen LogP contribution is 2.32. The van der Waals surface area contributed by atoms with Crippen LogP contribution in [0.15, 0.2) is 48.5 Å². The average molecular weight is 326 g/mol. The molecule has 0 aromatic heterocycles. The first kappa shape index (κ1) is 16.2. The lowest BCUT2D eigenvalue weighted by molar-refractivity contribution is -0.130. The van der Waals surface area contributed by atoms with Gasteiger partial charge >= 0.3 is 0 Å². The summed E-state index contributed by atoms with van der Waals surface area (Å²) in [4.78, 5) is 14.3. The number of anilines is 1. The zero-order valence-corrected chi connectivity index (χ0v) is 14.0. The predicted octanol–water partition coefficient (Wildman–Crippen LogP) is 2.92. The summed E-state index contributed by atoms with van der Waals surface area (Å²) in [5.74, 6) is 1.49. The first-order valence-corrected chi connectivity index (χ1v) is 8.08. The highest BCUT2D eigenvalue weighted by molar-refractivity contribution is 5.84. The number of carbonyl (C=O) groups excluding carboxylic acids is 1. The Kier molecular flexibility index (Phi) is 4.89. The van der Waals surface area contributed by atoms with Gasteiger partial charge in [-0.1, -0.05) is 30.3 Å². The van der Waals surface area contributed by atoms with Gasteiger partial charge in [0.2, 0.25) is 5.91 Å². The summed E-state index contributed by atoms with van der Waals surface area (Å²) >= 11 is 0. The number of likely N-dealkylation sites (N-methyl/N-ethyl adjacent to an activating group) is 1. The monoisotopic (exact) mass is 326 g/mol. The maximum absolute atomic E-state index is 12.5. The fourth-order valence-electron chi connectivity index (χ4n) is 2.71. The Morgan fingerprint density at radius 2 is 1.83 bits per heavy atom. The molecule has 1 atom stereocenters. The number of hydrogen-bond donors (Lipinski definition) is 1. The molecule has 1 aliphatic rings. The van der Waals surface area contributed by atoms with E-state index in [9.17, 15) is 4.79 Å². The van der Waals surface area contributed by atoms with Crippen molar-refractivity contribution in [2.24, 2.45) is 0 Å². The number of nitrogens with one attached hydrogen (secondary N) is 1. The minimum absolute atomic E-state index is 0.0359. The lowest BCUT2D eigenvalue weighted by atomic mass is 10.2. The van der Waals surface area contributed by atoms with E-state index in [1.807, 2.05) is 62.5 Å². The maximum Gasteiger partial charge on any atom is 0.244 e. The van der Waals surface area contributed by atoms with E-state index in [-0.39, 0.29) is 11.9 Å². The third-order valence-electron chi connectivity index (χ3n) is 3.93. The number of rotatable bonds is 5. The van der Waals surface area contributed by atoms with Crippen molar-refractivity contribution in [3.8, 4) is 11.5 Å². The van der Waals surface area contributed by atoms with E-state index in [1.165, 1.54) is 0 Å². The van der Waals surface area contributed by atoms with Crippen molar-refractivity contribution >= 4 is 11.6 Å². The lowest BCUT2D eigenvalue weighted by Crippen LogP contribution is -2.38. The van der Waals surface area contributed by atoms with Crippen LogP contribution in [0.2, 0.25) is 0 Å². The molecular formula is C19H22N2O3. The zero-order chi connectivity index (χ0) is 16.9. The van der Waals surface area contributed by atoms with Gasteiger partial charge in [0.05, 0.1) is 0 Å². The fourth-order valence-corrected chi connectivity index (χ4v) is 2.71. The van der Waals surface area contributed by atoms with Crippen LogP contribution in [0, 0.1) is 0 Å². The Hall–Kier alpha value is -2.69. The number of carbonyl (C=O) groups is 1. The number of hydrogen-bond acceptors (Lipinski definition) is 4. The van der Waals surface area contributed by atoms with E-state index in [1.54, 1.807) is 4.90 Å². The topological polar surface area (TPSA) is 50.8 Å². The molecule has 3 rings (SSSR count). The van der Waals surface area contributed by atoms with Gasteiger partial charge in [-0.3, -0.25) is 4.79 Å². The molecule has 0 saturated carbocycles. The second-order valence-electron chi connectivity index (χ2n) is 5.90.